The van der Waals surface area contributed by atoms with Crippen LogP contribution >= 0.6 is 23.8 Å². The Morgan fingerprint density at radius 1 is 1.42 bits per heavy atom. The molecule has 144 valence electrons. The van der Waals surface area contributed by atoms with E-state index in [4.69, 9.17) is 28.6 Å². The Balaban J connectivity index is 1.77. The van der Waals surface area contributed by atoms with Gasteiger partial charge in [0.1, 0.15) is 0 Å². The molecule has 0 aliphatic carbocycles. The lowest BCUT2D eigenvalue weighted by molar-refractivity contribution is 0.0601. The first-order valence-corrected chi connectivity index (χ1v) is 10.0. The number of benzene rings is 1. The highest BCUT2D eigenvalue weighted by Gasteiger charge is 2.19. The lowest BCUT2D eigenvalue weighted by Gasteiger charge is -2.35. The number of halogens is 1. The summed E-state index contributed by atoms with van der Waals surface area (Å²) in [6, 6.07) is 5.65. The molecule has 0 saturated carbocycles. The number of likely N-dealkylation sites (tertiary alicyclic amines) is 1. The lowest BCUT2D eigenvalue weighted by Crippen LogP contribution is -2.41. The van der Waals surface area contributed by atoms with Gasteiger partial charge in [-0.1, -0.05) is 24.9 Å². The highest BCUT2D eigenvalue weighted by Crippen LogP contribution is 2.23. The third-order valence-electron chi connectivity index (χ3n) is 4.76. The molecule has 1 fully saturated rings. The van der Waals surface area contributed by atoms with Crippen LogP contribution in [-0.2, 0) is 4.74 Å². The molecular formula is C19H28ClN3O2S. The highest BCUT2D eigenvalue weighted by atomic mass is 35.5. The maximum absolute atomic E-state index is 11.6. The number of anilines is 1. The Hall–Kier alpha value is -1.37. The lowest BCUT2D eigenvalue weighted by atomic mass is 10.00. The van der Waals surface area contributed by atoms with E-state index < -0.39 is 5.97 Å². The van der Waals surface area contributed by atoms with E-state index in [1.165, 1.54) is 39.3 Å². The molecule has 1 saturated heterocycles. The van der Waals surface area contributed by atoms with Gasteiger partial charge in [-0.05, 0) is 62.6 Å². The number of carbonyl (C=O) groups is 1. The predicted octanol–water partition coefficient (Wildman–Crippen LogP) is 4.07. The second-order valence-electron chi connectivity index (χ2n) is 6.51. The molecule has 26 heavy (non-hydrogen) atoms. The summed E-state index contributed by atoms with van der Waals surface area (Å²) in [5, 5.41) is 7.27. The summed E-state index contributed by atoms with van der Waals surface area (Å²) < 4.78 is 4.73. The van der Waals surface area contributed by atoms with E-state index in [0.29, 0.717) is 21.4 Å². The molecule has 0 radical (unpaired) electrons. The zero-order chi connectivity index (χ0) is 18.9. The molecule has 1 aliphatic heterocycles. The van der Waals surface area contributed by atoms with Crippen molar-refractivity contribution in [2.24, 2.45) is 0 Å². The highest BCUT2D eigenvalue weighted by molar-refractivity contribution is 7.80. The van der Waals surface area contributed by atoms with Gasteiger partial charge in [0.05, 0.1) is 23.4 Å². The molecular weight excluding hydrogens is 370 g/mol. The molecule has 1 atom stereocenters. The second kappa shape index (κ2) is 10.7. The molecule has 1 unspecified atom stereocenters. The fourth-order valence-electron chi connectivity index (χ4n) is 3.33. The monoisotopic (exact) mass is 397 g/mol. The van der Waals surface area contributed by atoms with Crippen LogP contribution in [0.1, 0.15) is 49.4 Å². The van der Waals surface area contributed by atoms with Crippen molar-refractivity contribution < 1.29 is 9.53 Å². The van der Waals surface area contributed by atoms with Crippen LogP contribution in [0, 0.1) is 0 Å². The molecule has 0 amide bonds. The third-order valence-corrected chi connectivity index (χ3v) is 5.34. The number of ether oxygens (including phenoxy) is 1. The van der Waals surface area contributed by atoms with Gasteiger partial charge in [-0.3, -0.25) is 0 Å². The summed E-state index contributed by atoms with van der Waals surface area (Å²) in [6.45, 7) is 5.36. The van der Waals surface area contributed by atoms with Crippen LogP contribution in [0.2, 0.25) is 5.02 Å². The number of methoxy groups -OCH3 is 1. The molecule has 1 aromatic rings. The van der Waals surface area contributed by atoms with Crippen molar-refractivity contribution in [1.82, 2.24) is 10.2 Å². The summed E-state index contributed by atoms with van der Waals surface area (Å²) in [5.74, 6) is -0.407. The quantitative estimate of drug-likeness (QED) is 0.411. The van der Waals surface area contributed by atoms with Gasteiger partial charge in [0, 0.05) is 19.1 Å². The minimum Gasteiger partial charge on any atom is -0.465 e. The normalized spacial score (nSPS) is 17.6. The molecule has 0 spiro atoms. The van der Waals surface area contributed by atoms with Crippen LogP contribution in [-0.4, -0.2) is 48.8 Å². The van der Waals surface area contributed by atoms with Gasteiger partial charge >= 0.3 is 5.97 Å². The minimum absolute atomic E-state index is 0.407. The fraction of sp³-hybridized carbons (Fsp3) is 0.579. The minimum atomic E-state index is -0.407. The van der Waals surface area contributed by atoms with E-state index in [0.717, 1.165) is 25.6 Å². The van der Waals surface area contributed by atoms with Crippen molar-refractivity contribution >= 4 is 40.6 Å². The molecule has 2 N–H and O–H groups in total. The van der Waals surface area contributed by atoms with Crippen molar-refractivity contribution in [1.29, 1.82) is 0 Å². The summed E-state index contributed by atoms with van der Waals surface area (Å²) in [4.78, 5) is 14.2. The van der Waals surface area contributed by atoms with E-state index in [1.807, 2.05) is 0 Å². The standard InChI is InChI=1S/C19H28ClN3O2S/c1-3-15-7-4-5-11-23(15)12-6-10-21-19(26)22-17-13-14(18(24)25-2)8-9-16(17)20/h8-9,13,15H,3-7,10-12H2,1-2H3,(H2,21,22,26). The van der Waals surface area contributed by atoms with Gasteiger partial charge in [0.15, 0.2) is 5.11 Å². The van der Waals surface area contributed by atoms with Gasteiger partial charge in [-0.2, -0.15) is 0 Å². The third kappa shape index (κ3) is 6.11. The number of rotatable bonds is 7. The molecule has 0 aromatic heterocycles. The largest absolute Gasteiger partial charge is 0.465 e. The number of esters is 1. The maximum Gasteiger partial charge on any atom is 0.337 e. The summed E-state index contributed by atoms with van der Waals surface area (Å²) in [6.07, 6.45) is 6.24. The van der Waals surface area contributed by atoms with Crippen LogP contribution in [0.3, 0.4) is 0 Å². The number of nitrogens with one attached hydrogen (secondary N) is 2. The van der Waals surface area contributed by atoms with E-state index >= 15 is 0 Å². The summed E-state index contributed by atoms with van der Waals surface area (Å²) in [5.41, 5.74) is 1.02. The number of thiocarbonyl (C=S) groups is 1. The zero-order valence-electron chi connectivity index (χ0n) is 15.5. The van der Waals surface area contributed by atoms with Gasteiger partial charge in [-0.25, -0.2) is 4.79 Å². The van der Waals surface area contributed by atoms with E-state index in [1.54, 1.807) is 18.2 Å². The van der Waals surface area contributed by atoms with Crippen molar-refractivity contribution in [2.75, 3.05) is 32.1 Å². The van der Waals surface area contributed by atoms with E-state index in [9.17, 15) is 4.79 Å². The maximum atomic E-state index is 11.6. The Kier molecular flexibility index (Phi) is 8.62. The SMILES string of the molecule is CCC1CCCCN1CCCNC(=S)Nc1cc(C(=O)OC)ccc1Cl. The van der Waals surface area contributed by atoms with Crippen LogP contribution < -0.4 is 10.6 Å². The average Bonchev–Trinajstić information content (AvgIpc) is 2.66. The molecule has 1 aliphatic rings. The number of carbonyl (C=O) groups excluding carboxylic acids is 1. The van der Waals surface area contributed by atoms with E-state index in [2.05, 4.69) is 22.5 Å². The van der Waals surface area contributed by atoms with Crippen molar-refractivity contribution in [3.8, 4) is 0 Å². The number of piperidine rings is 1. The topological polar surface area (TPSA) is 53.6 Å². The molecule has 5 nitrogen and oxygen atoms in total. The number of hydrogen-bond acceptors (Lipinski definition) is 4. The average molecular weight is 398 g/mol. The molecule has 1 aromatic carbocycles. The first kappa shape index (κ1) is 20.9. The summed E-state index contributed by atoms with van der Waals surface area (Å²) >= 11 is 11.5. The predicted molar refractivity (Wildman–Crippen MR) is 111 cm³/mol. The summed E-state index contributed by atoms with van der Waals surface area (Å²) in [7, 11) is 1.35. The van der Waals surface area contributed by atoms with Gasteiger partial charge in [-0.15, -0.1) is 0 Å². The van der Waals surface area contributed by atoms with Crippen LogP contribution in [0.4, 0.5) is 5.69 Å². The first-order valence-electron chi connectivity index (χ1n) is 9.22. The molecule has 2 rings (SSSR count). The van der Waals surface area contributed by atoms with Crippen LogP contribution in [0.15, 0.2) is 18.2 Å². The van der Waals surface area contributed by atoms with Crippen molar-refractivity contribution in [2.45, 2.75) is 45.1 Å². The number of hydrogen-bond donors (Lipinski definition) is 2. The molecule has 0 bridgehead atoms. The van der Waals surface area contributed by atoms with Crippen LogP contribution in [0.5, 0.6) is 0 Å². The zero-order valence-corrected chi connectivity index (χ0v) is 17.1. The van der Waals surface area contributed by atoms with Crippen molar-refractivity contribution in [3.05, 3.63) is 28.8 Å². The van der Waals surface area contributed by atoms with Gasteiger partial charge in [0.25, 0.3) is 0 Å². The Morgan fingerprint density at radius 3 is 2.96 bits per heavy atom. The molecule has 1 heterocycles. The Bertz CT molecular complexity index is 627. The van der Waals surface area contributed by atoms with Gasteiger partial charge < -0.3 is 20.3 Å². The Morgan fingerprint density at radius 2 is 2.23 bits per heavy atom. The first-order chi connectivity index (χ1) is 12.5. The second-order valence-corrected chi connectivity index (χ2v) is 7.33. The smallest absolute Gasteiger partial charge is 0.337 e. The molecule has 7 heteroatoms. The number of nitrogens with zero attached hydrogens (tertiary/aromatic N) is 1. The fourth-order valence-corrected chi connectivity index (χ4v) is 3.71. The Labute approximate surface area is 166 Å². The van der Waals surface area contributed by atoms with Crippen molar-refractivity contribution in [3.63, 3.8) is 0 Å². The van der Waals surface area contributed by atoms with Crippen LogP contribution in [0.25, 0.3) is 0 Å². The van der Waals surface area contributed by atoms with Gasteiger partial charge in [0.2, 0.25) is 0 Å². The van der Waals surface area contributed by atoms with E-state index in [-0.39, 0.29) is 0 Å².